The first kappa shape index (κ1) is 46.1. The third kappa shape index (κ3) is 12.7. The Hall–Kier alpha value is -8.98. The molecule has 0 saturated heterocycles. The van der Waals surface area contributed by atoms with Gasteiger partial charge in [-0.15, -0.1) is 0 Å². The van der Waals surface area contributed by atoms with E-state index < -0.39 is 0 Å². The van der Waals surface area contributed by atoms with E-state index in [1.807, 2.05) is 12.1 Å². The van der Waals surface area contributed by atoms with Crippen LogP contribution in [0, 0.1) is 13.8 Å². The number of benzene rings is 9. The first-order valence-corrected chi connectivity index (χ1v) is 23.9. The maximum absolute atomic E-state index is 2.31. The SMILES string of the molecule is Cc1ccc(N(c2ccc(C=CC=Cc3ccccc3)cc2)c2ccc(/C=C/c3ccc(/C=C/c4ccc(N(c5ccc(C)cc5)c5ccc(C=CC=Cc6ccccc6)cc5)cc4)cc3)cc2)cc1. The summed E-state index contributed by atoms with van der Waals surface area (Å²) in [5, 5.41) is 0. The summed E-state index contributed by atoms with van der Waals surface area (Å²) < 4.78 is 0. The highest BCUT2D eigenvalue weighted by Crippen LogP contribution is 2.37. The molecule has 0 aliphatic carbocycles. The number of aryl methyl sites for hydroxylation is 2. The minimum atomic E-state index is 1.10. The van der Waals surface area contributed by atoms with Crippen molar-refractivity contribution in [2.75, 3.05) is 9.80 Å². The molecule has 0 amide bonds. The maximum Gasteiger partial charge on any atom is 0.0462 e. The Balaban J connectivity index is 0.835. The van der Waals surface area contributed by atoms with Gasteiger partial charge in [0.1, 0.15) is 0 Å². The highest BCUT2D eigenvalue weighted by atomic mass is 15.1. The molecule has 2 nitrogen and oxygen atoms in total. The van der Waals surface area contributed by atoms with E-state index in [1.165, 1.54) is 22.3 Å². The van der Waals surface area contributed by atoms with Crippen LogP contribution in [0.2, 0.25) is 0 Å². The summed E-state index contributed by atoms with van der Waals surface area (Å²) >= 11 is 0. The van der Waals surface area contributed by atoms with Crippen molar-refractivity contribution in [1.82, 2.24) is 0 Å². The number of rotatable bonds is 16. The molecule has 9 rings (SSSR count). The highest BCUT2D eigenvalue weighted by molar-refractivity contribution is 5.81. The second-order valence-corrected chi connectivity index (χ2v) is 17.3. The van der Waals surface area contributed by atoms with Crippen LogP contribution in [0.1, 0.15) is 55.6 Å². The zero-order chi connectivity index (χ0) is 47.7. The molecule has 0 bridgehead atoms. The van der Waals surface area contributed by atoms with E-state index in [1.54, 1.807) is 0 Å². The second kappa shape index (κ2) is 23.2. The van der Waals surface area contributed by atoms with E-state index in [0.717, 1.165) is 67.5 Å². The summed E-state index contributed by atoms with van der Waals surface area (Å²) in [6, 6.07) is 81.9. The molecule has 0 N–H and O–H groups in total. The van der Waals surface area contributed by atoms with Crippen molar-refractivity contribution in [1.29, 1.82) is 0 Å². The quantitative estimate of drug-likeness (QED) is 0.0704. The molecular formula is C68H56N2. The molecule has 0 aliphatic heterocycles. The third-order valence-electron chi connectivity index (χ3n) is 12.0. The Morgan fingerprint density at radius 3 is 0.629 bits per heavy atom. The second-order valence-electron chi connectivity index (χ2n) is 17.3. The number of allylic oxidation sites excluding steroid dienone is 4. The Morgan fingerprint density at radius 2 is 0.386 bits per heavy atom. The van der Waals surface area contributed by atoms with E-state index in [0.29, 0.717) is 0 Å². The van der Waals surface area contributed by atoms with Crippen LogP contribution in [0.25, 0.3) is 48.6 Å². The molecule has 0 aliphatic rings. The van der Waals surface area contributed by atoms with Gasteiger partial charge < -0.3 is 9.80 Å². The van der Waals surface area contributed by atoms with Crippen LogP contribution in [0.15, 0.2) is 255 Å². The van der Waals surface area contributed by atoms with Crippen molar-refractivity contribution < 1.29 is 0 Å². The van der Waals surface area contributed by atoms with E-state index in [-0.39, 0.29) is 0 Å². The van der Waals surface area contributed by atoms with Gasteiger partial charge in [-0.25, -0.2) is 0 Å². The molecule has 2 heteroatoms. The van der Waals surface area contributed by atoms with Gasteiger partial charge in [-0.05, 0) is 131 Å². The number of nitrogens with zero attached hydrogens (tertiary/aromatic N) is 2. The van der Waals surface area contributed by atoms with Crippen molar-refractivity contribution in [3.63, 3.8) is 0 Å². The largest absolute Gasteiger partial charge is 0.311 e. The zero-order valence-corrected chi connectivity index (χ0v) is 39.8. The Morgan fingerprint density at radius 1 is 0.200 bits per heavy atom. The van der Waals surface area contributed by atoms with Gasteiger partial charge in [-0.1, -0.05) is 242 Å². The molecule has 0 heterocycles. The summed E-state index contributed by atoms with van der Waals surface area (Å²) in [7, 11) is 0. The molecule has 9 aromatic carbocycles. The average Bonchev–Trinajstić information content (AvgIpc) is 3.41. The number of hydrogen-bond donors (Lipinski definition) is 0. The molecule has 0 aromatic heterocycles. The first-order valence-electron chi connectivity index (χ1n) is 23.9. The van der Waals surface area contributed by atoms with Crippen molar-refractivity contribution in [2.24, 2.45) is 0 Å². The van der Waals surface area contributed by atoms with Crippen LogP contribution < -0.4 is 9.80 Å². The van der Waals surface area contributed by atoms with Gasteiger partial charge in [0, 0.05) is 34.1 Å². The molecule has 70 heavy (non-hydrogen) atoms. The summed E-state index contributed by atoms with van der Waals surface area (Å²) in [4.78, 5) is 4.62. The summed E-state index contributed by atoms with van der Waals surface area (Å²) in [5.41, 5.74) is 18.4. The lowest BCUT2D eigenvalue weighted by atomic mass is 10.1. The molecule has 0 fully saturated rings. The van der Waals surface area contributed by atoms with Crippen LogP contribution in [0.3, 0.4) is 0 Å². The maximum atomic E-state index is 2.31. The van der Waals surface area contributed by atoms with E-state index in [4.69, 9.17) is 0 Å². The third-order valence-corrected chi connectivity index (χ3v) is 12.0. The van der Waals surface area contributed by atoms with Crippen molar-refractivity contribution in [2.45, 2.75) is 13.8 Å². The van der Waals surface area contributed by atoms with Crippen LogP contribution >= 0.6 is 0 Å². The summed E-state index contributed by atoms with van der Waals surface area (Å²) in [5.74, 6) is 0. The number of hydrogen-bond acceptors (Lipinski definition) is 2. The lowest BCUT2D eigenvalue weighted by Gasteiger charge is -2.26. The standard InChI is InChI=1S/C68H56N2/c1-53-21-41-63(42-22-53)69(65-45-33-57(34-46-65)19-11-9-17-55-13-5-3-6-14-55)67-49-37-61(38-50-67)31-29-59-25-27-60(28-26-59)30-32-62-39-51-68(52-40-62)70(64-43-23-54(2)24-44-64)66-47-35-58(36-48-66)20-12-10-18-56-15-7-4-8-16-56/h3-52H,1-2H3/b17-9?,18-10?,19-11?,20-12?,31-29+,32-30+. The highest BCUT2D eigenvalue weighted by Gasteiger charge is 2.14. The fourth-order valence-electron chi connectivity index (χ4n) is 8.12. The van der Waals surface area contributed by atoms with E-state index in [2.05, 4.69) is 315 Å². The molecule has 9 aromatic rings. The molecule has 338 valence electrons. The lowest BCUT2D eigenvalue weighted by Crippen LogP contribution is -2.09. The van der Waals surface area contributed by atoms with Crippen molar-refractivity contribution in [3.05, 3.63) is 310 Å². The fraction of sp³-hybridized carbons (Fsp3) is 0.0294. The van der Waals surface area contributed by atoms with Gasteiger partial charge in [0.25, 0.3) is 0 Å². The predicted molar refractivity (Wildman–Crippen MR) is 305 cm³/mol. The van der Waals surface area contributed by atoms with Gasteiger partial charge in [0.05, 0.1) is 0 Å². The Labute approximate surface area is 414 Å². The smallest absolute Gasteiger partial charge is 0.0462 e. The van der Waals surface area contributed by atoms with Gasteiger partial charge in [-0.3, -0.25) is 0 Å². The topological polar surface area (TPSA) is 6.48 Å². The number of anilines is 6. The predicted octanol–water partition coefficient (Wildman–Crippen LogP) is 19.0. The van der Waals surface area contributed by atoms with Crippen molar-refractivity contribution >= 4 is 82.7 Å². The molecule has 0 radical (unpaired) electrons. The first-order chi connectivity index (χ1) is 34.5. The monoisotopic (exact) mass is 900 g/mol. The van der Waals surface area contributed by atoms with Crippen molar-refractivity contribution in [3.8, 4) is 0 Å². The van der Waals surface area contributed by atoms with Gasteiger partial charge in [0.15, 0.2) is 0 Å². The molecule has 0 unspecified atom stereocenters. The zero-order valence-electron chi connectivity index (χ0n) is 39.8. The summed E-state index contributed by atoms with van der Waals surface area (Å²) in [6.45, 7) is 4.25. The summed E-state index contributed by atoms with van der Waals surface area (Å²) in [6.07, 6.45) is 25.6. The minimum absolute atomic E-state index is 1.10. The lowest BCUT2D eigenvalue weighted by molar-refractivity contribution is 1.27. The van der Waals surface area contributed by atoms with Gasteiger partial charge in [-0.2, -0.15) is 0 Å². The molecule has 0 saturated carbocycles. The Kier molecular flexibility index (Phi) is 15.3. The molecular weight excluding hydrogens is 845 g/mol. The fourth-order valence-corrected chi connectivity index (χ4v) is 8.12. The van der Waals surface area contributed by atoms with Gasteiger partial charge in [0.2, 0.25) is 0 Å². The van der Waals surface area contributed by atoms with Crippen LogP contribution in [0.5, 0.6) is 0 Å². The van der Waals surface area contributed by atoms with Crippen LogP contribution in [-0.4, -0.2) is 0 Å². The molecule has 0 atom stereocenters. The van der Waals surface area contributed by atoms with E-state index >= 15 is 0 Å². The van der Waals surface area contributed by atoms with Gasteiger partial charge >= 0.3 is 0 Å². The normalized spacial score (nSPS) is 11.8. The minimum Gasteiger partial charge on any atom is -0.311 e. The molecule has 0 spiro atoms. The van der Waals surface area contributed by atoms with Crippen LogP contribution in [-0.2, 0) is 0 Å². The average molecular weight is 901 g/mol. The Bertz CT molecular complexity index is 3000. The van der Waals surface area contributed by atoms with E-state index in [9.17, 15) is 0 Å². The van der Waals surface area contributed by atoms with Crippen LogP contribution in [0.4, 0.5) is 34.1 Å².